The van der Waals surface area contributed by atoms with E-state index >= 15 is 0 Å². The average molecular weight is 226 g/mol. The molecule has 0 bridgehead atoms. The topological polar surface area (TPSA) is 56.6 Å². The maximum atomic E-state index is 9.00. The predicted octanol–water partition coefficient (Wildman–Crippen LogP) is -0.368. The molecular formula is C9H15BN2O2S. The highest BCUT2D eigenvalue weighted by atomic mass is 32.1. The lowest BCUT2D eigenvalue weighted by Gasteiger charge is -2.27. The molecule has 2 rings (SSSR count). The first kappa shape index (κ1) is 11.1. The summed E-state index contributed by atoms with van der Waals surface area (Å²) in [5.74, 6) is 0.499. The van der Waals surface area contributed by atoms with Crippen molar-refractivity contribution in [1.82, 2.24) is 9.88 Å². The summed E-state index contributed by atoms with van der Waals surface area (Å²) in [5.41, 5.74) is 0. The van der Waals surface area contributed by atoms with Gasteiger partial charge < -0.3 is 14.9 Å². The molecule has 0 aliphatic carbocycles. The standard InChI is InChI=1S/C9H15BN2O2S/c1-12-4-2-7(3-5-12)9-11-6-8(15-9)10(13)14/h6-7,13-14H,2-5H2,1H3. The Morgan fingerprint density at radius 3 is 2.67 bits per heavy atom. The summed E-state index contributed by atoms with van der Waals surface area (Å²) in [5, 5.41) is 19.0. The minimum absolute atomic E-state index is 0.499. The van der Waals surface area contributed by atoms with Crippen LogP contribution in [0, 0.1) is 0 Å². The van der Waals surface area contributed by atoms with Crippen LogP contribution < -0.4 is 4.78 Å². The number of nitrogens with zero attached hydrogens (tertiary/aromatic N) is 2. The molecule has 0 amide bonds. The Hall–Kier alpha value is -0.425. The van der Waals surface area contributed by atoms with Gasteiger partial charge in [-0.3, -0.25) is 0 Å². The van der Waals surface area contributed by atoms with Gasteiger partial charge in [0.2, 0.25) is 0 Å². The van der Waals surface area contributed by atoms with Crippen molar-refractivity contribution in [3.63, 3.8) is 0 Å². The molecule has 0 radical (unpaired) electrons. The zero-order valence-electron chi connectivity index (χ0n) is 8.76. The molecule has 0 atom stereocenters. The lowest BCUT2D eigenvalue weighted by atomic mass is 9.91. The summed E-state index contributed by atoms with van der Waals surface area (Å²) < 4.78 is 0.545. The molecule has 2 N–H and O–H groups in total. The van der Waals surface area contributed by atoms with Gasteiger partial charge in [-0.2, -0.15) is 0 Å². The fraction of sp³-hybridized carbons (Fsp3) is 0.667. The van der Waals surface area contributed by atoms with Crippen LogP contribution in [0.1, 0.15) is 23.8 Å². The van der Waals surface area contributed by atoms with E-state index in [0.29, 0.717) is 10.7 Å². The lowest BCUT2D eigenvalue weighted by Crippen LogP contribution is -2.29. The third-order valence-electron chi connectivity index (χ3n) is 2.86. The van der Waals surface area contributed by atoms with Crippen LogP contribution in [0.4, 0.5) is 0 Å². The van der Waals surface area contributed by atoms with Crippen molar-refractivity contribution in [2.24, 2.45) is 0 Å². The second-order valence-corrected chi connectivity index (χ2v) is 5.15. The number of hydrogen-bond donors (Lipinski definition) is 2. The van der Waals surface area contributed by atoms with Crippen LogP contribution in [-0.4, -0.2) is 47.2 Å². The number of likely N-dealkylation sites (tertiary alicyclic amines) is 1. The first-order chi connectivity index (χ1) is 7.16. The molecule has 4 nitrogen and oxygen atoms in total. The van der Waals surface area contributed by atoms with E-state index in [1.165, 1.54) is 11.3 Å². The smallest absolute Gasteiger partial charge is 0.423 e. The van der Waals surface area contributed by atoms with Crippen LogP contribution in [0.25, 0.3) is 0 Å². The number of hydrogen-bond acceptors (Lipinski definition) is 5. The molecule has 0 unspecified atom stereocenters. The van der Waals surface area contributed by atoms with Crippen molar-refractivity contribution in [2.75, 3.05) is 20.1 Å². The normalized spacial score (nSPS) is 19.4. The van der Waals surface area contributed by atoms with E-state index in [1.807, 2.05) is 0 Å². The number of aromatic nitrogens is 1. The minimum atomic E-state index is -1.37. The molecule has 15 heavy (non-hydrogen) atoms. The molecule has 2 heterocycles. The first-order valence-corrected chi connectivity index (χ1v) is 5.99. The molecule has 6 heteroatoms. The quantitative estimate of drug-likeness (QED) is 0.676. The van der Waals surface area contributed by atoms with Gasteiger partial charge in [-0.25, -0.2) is 4.98 Å². The van der Waals surface area contributed by atoms with Crippen LogP contribution >= 0.6 is 11.3 Å². The Morgan fingerprint density at radius 1 is 1.47 bits per heavy atom. The minimum Gasteiger partial charge on any atom is -0.423 e. The van der Waals surface area contributed by atoms with Crippen molar-refractivity contribution in [3.05, 3.63) is 11.2 Å². The molecule has 1 fully saturated rings. The maximum absolute atomic E-state index is 9.00. The maximum Gasteiger partial charge on any atom is 0.500 e. The van der Waals surface area contributed by atoms with Gasteiger partial charge in [-0.1, -0.05) is 0 Å². The summed E-state index contributed by atoms with van der Waals surface area (Å²) in [6, 6.07) is 0. The second-order valence-electron chi connectivity index (χ2n) is 4.05. The molecule has 0 saturated carbocycles. The molecular weight excluding hydrogens is 211 g/mol. The van der Waals surface area contributed by atoms with Gasteiger partial charge >= 0.3 is 7.12 Å². The molecule has 1 saturated heterocycles. The van der Waals surface area contributed by atoms with E-state index in [9.17, 15) is 0 Å². The Labute approximate surface area is 93.7 Å². The molecule has 0 spiro atoms. The summed E-state index contributed by atoms with van der Waals surface area (Å²) in [4.78, 5) is 6.58. The van der Waals surface area contributed by atoms with Crippen LogP contribution in [0.2, 0.25) is 0 Å². The van der Waals surface area contributed by atoms with E-state index in [4.69, 9.17) is 10.0 Å². The summed E-state index contributed by atoms with van der Waals surface area (Å²) in [6.45, 7) is 2.20. The number of rotatable bonds is 2. The molecule has 1 aliphatic rings. The third kappa shape index (κ3) is 2.58. The van der Waals surface area contributed by atoms with E-state index in [1.54, 1.807) is 6.20 Å². The van der Waals surface area contributed by atoms with Gasteiger partial charge in [-0.15, -0.1) is 11.3 Å². The van der Waals surface area contributed by atoms with E-state index < -0.39 is 7.12 Å². The Bertz CT molecular complexity index is 324. The van der Waals surface area contributed by atoms with Crippen molar-refractivity contribution in [2.45, 2.75) is 18.8 Å². The highest BCUT2D eigenvalue weighted by molar-refractivity contribution is 7.21. The average Bonchev–Trinajstić information content (AvgIpc) is 2.68. The number of thiazole rings is 1. The monoisotopic (exact) mass is 226 g/mol. The molecule has 1 aromatic heterocycles. The fourth-order valence-corrected chi connectivity index (χ4v) is 2.82. The van der Waals surface area contributed by atoms with E-state index in [0.717, 1.165) is 30.9 Å². The summed E-state index contributed by atoms with van der Waals surface area (Å²) in [6.07, 6.45) is 3.80. The van der Waals surface area contributed by atoms with Gasteiger partial charge in [0, 0.05) is 12.1 Å². The van der Waals surface area contributed by atoms with Crippen LogP contribution in [0.15, 0.2) is 6.20 Å². The van der Waals surface area contributed by atoms with Crippen LogP contribution in [0.5, 0.6) is 0 Å². The van der Waals surface area contributed by atoms with Crippen molar-refractivity contribution in [1.29, 1.82) is 0 Å². The van der Waals surface area contributed by atoms with Crippen molar-refractivity contribution < 1.29 is 10.0 Å². The third-order valence-corrected chi connectivity index (χ3v) is 4.06. The molecule has 82 valence electrons. The van der Waals surface area contributed by atoms with Crippen molar-refractivity contribution in [3.8, 4) is 0 Å². The highest BCUT2D eigenvalue weighted by Gasteiger charge is 2.23. The molecule has 1 aromatic rings. The van der Waals surface area contributed by atoms with Gasteiger partial charge in [0.15, 0.2) is 0 Å². The SMILES string of the molecule is CN1CCC(c2ncc(B(O)O)s2)CC1. The van der Waals surface area contributed by atoms with E-state index in [2.05, 4.69) is 16.9 Å². The zero-order valence-corrected chi connectivity index (χ0v) is 9.57. The van der Waals surface area contributed by atoms with Gasteiger partial charge in [0.25, 0.3) is 0 Å². The summed E-state index contributed by atoms with van der Waals surface area (Å²) in [7, 11) is 0.753. The Kier molecular flexibility index (Phi) is 3.40. The molecule has 1 aliphatic heterocycles. The van der Waals surface area contributed by atoms with Crippen molar-refractivity contribution >= 4 is 23.2 Å². The second kappa shape index (κ2) is 4.61. The van der Waals surface area contributed by atoms with Gasteiger partial charge in [0.05, 0.1) is 9.78 Å². The first-order valence-electron chi connectivity index (χ1n) is 5.17. The Balaban J connectivity index is 2.03. The Morgan fingerprint density at radius 2 is 2.13 bits per heavy atom. The zero-order chi connectivity index (χ0) is 10.8. The van der Waals surface area contributed by atoms with Gasteiger partial charge in [-0.05, 0) is 33.0 Å². The molecule has 0 aromatic carbocycles. The van der Waals surface area contributed by atoms with E-state index in [-0.39, 0.29) is 0 Å². The van der Waals surface area contributed by atoms with Crippen LogP contribution in [-0.2, 0) is 0 Å². The summed E-state index contributed by atoms with van der Waals surface area (Å²) >= 11 is 1.42. The fourth-order valence-electron chi connectivity index (χ4n) is 1.86. The largest absolute Gasteiger partial charge is 0.500 e. The predicted molar refractivity (Wildman–Crippen MR) is 61.4 cm³/mol. The van der Waals surface area contributed by atoms with Gasteiger partial charge in [0.1, 0.15) is 0 Å². The number of piperidine rings is 1. The highest BCUT2D eigenvalue weighted by Crippen LogP contribution is 2.27. The lowest BCUT2D eigenvalue weighted by molar-refractivity contribution is 0.255. The van der Waals surface area contributed by atoms with Crippen LogP contribution in [0.3, 0.4) is 0 Å².